The summed E-state index contributed by atoms with van der Waals surface area (Å²) in [4.78, 5) is 2.90. The molecule has 0 atom stereocenters. The number of para-hydroxylation sites is 2. The van der Waals surface area contributed by atoms with Crippen molar-refractivity contribution < 1.29 is 0 Å². The standard InChI is InChI=1S/C46H32N2S2/c1-45(2)33-15-9-13-27-31-23-25(19-21-35(31)47(39(27)33)41-29-11-5-7-17-37(29)49-43(41)45)26-20-22-36-32(24-26)28-14-10-16-34-40(28)48(36)42-30-12-6-8-18-38(30)50-44(42)46(34,3)4/h5-24H,1-4H3. The fourth-order valence-electron chi connectivity index (χ4n) is 9.57. The van der Waals surface area contributed by atoms with Crippen LogP contribution in [0.3, 0.4) is 0 Å². The summed E-state index contributed by atoms with van der Waals surface area (Å²) in [6, 6.07) is 46.1. The number of rotatable bonds is 1. The molecule has 0 bridgehead atoms. The molecule has 2 nitrogen and oxygen atoms in total. The fraction of sp³-hybridized carbons (Fsp3) is 0.130. The number of thiophene rings is 2. The molecule has 6 aromatic carbocycles. The second-order valence-corrected chi connectivity index (χ2v) is 17.4. The van der Waals surface area contributed by atoms with Gasteiger partial charge in [-0.3, -0.25) is 0 Å². The smallest absolute Gasteiger partial charge is 0.0689 e. The minimum absolute atomic E-state index is 0.0737. The van der Waals surface area contributed by atoms with Gasteiger partial charge in [-0.2, -0.15) is 0 Å². The molecule has 2 aliphatic heterocycles. The van der Waals surface area contributed by atoms with E-state index in [1.165, 1.54) is 107 Å². The van der Waals surface area contributed by atoms with Crippen LogP contribution < -0.4 is 0 Å². The SMILES string of the molecule is CC1(C)c2sc3ccccc3c2-n2c3ccc(-c4ccc5c(c4)c4cccc6c4n5-c4c(sc5ccccc45)C6(C)C)cc3c3cccc1c32. The van der Waals surface area contributed by atoms with Crippen LogP contribution >= 0.6 is 22.7 Å². The van der Waals surface area contributed by atoms with Crippen LogP contribution in [0.5, 0.6) is 0 Å². The third-order valence-electron chi connectivity index (χ3n) is 12.0. The quantitative estimate of drug-likeness (QED) is 0.164. The Labute approximate surface area is 297 Å². The van der Waals surface area contributed by atoms with Crippen LogP contribution in [0, 0.1) is 0 Å². The predicted octanol–water partition coefficient (Wildman–Crippen LogP) is 13.3. The van der Waals surface area contributed by atoms with E-state index in [1.807, 2.05) is 22.7 Å². The number of hydrogen-bond acceptors (Lipinski definition) is 2. The summed E-state index contributed by atoms with van der Waals surface area (Å²) in [7, 11) is 0. The molecule has 0 fully saturated rings. The van der Waals surface area contributed by atoms with Gasteiger partial charge in [0, 0.05) is 62.3 Å². The zero-order chi connectivity index (χ0) is 33.3. The lowest BCUT2D eigenvalue weighted by molar-refractivity contribution is 0.646. The predicted molar refractivity (Wildman–Crippen MR) is 216 cm³/mol. The van der Waals surface area contributed by atoms with Gasteiger partial charge in [-0.1, -0.05) is 113 Å². The van der Waals surface area contributed by atoms with E-state index in [-0.39, 0.29) is 10.8 Å². The minimum Gasteiger partial charge on any atom is -0.307 e. The largest absolute Gasteiger partial charge is 0.307 e. The molecule has 0 radical (unpaired) electrons. The highest BCUT2D eigenvalue weighted by Crippen LogP contribution is 2.55. The minimum atomic E-state index is -0.0737. The first-order valence-electron chi connectivity index (χ1n) is 17.5. The summed E-state index contributed by atoms with van der Waals surface area (Å²) in [6.07, 6.45) is 0. The van der Waals surface area contributed by atoms with Gasteiger partial charge in [0.1, 0.15) is 0 Å². The number of fused-ring (bicyclic) bond motifs is 14. The van der Waals surface area contributed by atoms with Crippen molar-refractivity contribution in [1.29, 1.82) is 0 Å². The summed E-state index contributed by atoms with van der Waals surface area (Å²) < 4.78 is 7.86. The second kappa shape index (κ2) is 8.95. The number of aromatic nitrogens is 2. The van der Waals surface area contributed by atoms with Crippen LogP contribution in [0.15, 0.2) is 121 Å². The number of nitrogens with zero attached hydrogens (tertiary/aromatic N) is 2. The van der Waals surface area contributed by atoms with Gasteiger partial charge in [-0.05, 0) is 58.7 Å². The number of hydrogen-bond donors (Lipinski definition) is 0. The zero-order valence-electron chi connectivity index (χ0n) is 28.3. The zero-order valence-corrected chi connectivity index (χ0v) is 29.9. The van der Waals surface area contributed by atoms with Gasteiger partial charge in [-0.15, -0.1) is 22.7 Å². The molecule has 50 heavy (non-hydrogen) atoms. The average Bonchev–Trinajstić information content (AvgIpc) is 3.88. The molecular formula is C46H32N2S2. The molecule has 0 N–H and O–H groups in total. The molecule has 4 heteroatoms. The third-order valence-corrected chi connectivity index (χ3v) is 14.9. The summed E-state index contributed by atoms with van der Waals surface area (Å²) >= 11 is 3.90. The van der Waals surface area contributed by atoms with E-state index in [1.54, 1.807) is 0 Å². The molecule has 0 saturated heterocycles. The van der Waals surface area contributed by atoms with Crippen LogP contribution in [0.2, 0.25) is 0 Å². The third kappa shape index (κ3) is 3.13. The van der Waals surface area contributed by atoms with E-state index in [0.717, 1.165) is 0 Å². The molecule has 0 saturated carbocycles. The lowest BCUT2D eigenvalue weighted by atomic mass is 9.79. The van der Waals surface area contributed by atoms with E-state index in [0.29, 0.717) is 0 Å². The van der Waals surface area contributed by atoms with Gasteiger partial charge in [0.15, 0.2) is 0 Å². The molecule has 0 unspecified atom stereocenters. The molecule has 12 rings (SSSR count). The van der Waals surface area contributed by atoms with E-state index in [9.17, 15) is 0 Å². The van der Waals surface area contributed by atoms with Crippen molar-refractivity contribution in [3.63, 3.8) is 0 Å². The maximum atomic E-state index is 2.57. The molecule has 238 valence electrons. The van der Waals surface area contributed by atoms with Crippen molar-refractivity contribution in [2.45, 2.75) is 38.5 Å². The van der Waals surface area contributed by atoms with Gasteiger partial charge in [0.05, 0.1) is 33.4 Å². The molecule has 0 aliphatic carbocycles. The van der Waals surface area contributed by atoms with E-state index in [4.69, 9.17) is 0 Å². The van der Waals surface area contributed by atoms with Crippen molar-refractivity contribution in [2.75, 3.05) is 0 Å². The van der Waals surface area contributed by atoms with Crippen molar-refractivity contribution in [1.82, 2.24) is 9.13 Å². The first kappa shape index (κ1) is 27.6. The first-order valence-corrected chi connectivity index (χ1v) is 19.2. The van der Waals surface area contributed by atoms with E-state index < -0.39 is 0 Å². The molecule has 6 heterocycles. The van der Waals surface area contributed by atoms with Gasteiger partial charge in [0.2, 0.25) is 0 Å². The van der Waals surface area contributed by atoms with Crippen LogP contribution in [0.25, 0.3) is 86.3 Å². The Morgan fingerprint density at radius 3 is 1.30 bits per heavy atom. The van der Waals surface area contributed by atoms with Gasteiger partial charge >= 0.3 is 0 Å². The Morgan fingerprint density at radius 2 is 0.840 bits per heavy atom. The Morgan fingerprint density at radius 1 is 0.420 bits per heavy atom. The summed E-state index contributed by atoms with van der Waals surface area (Å²) in [5.74, 6) is 0. The van der Waals surface area contributed by atoms with Crippen molar-refractivity contribution >= 4 is 86.5 Å². The fourth-order valence-corrected chi connectivity index (χ4v) is 12.2. The first-order chi connectivity index (χ1) is 24.3. The maximum Gasteiger partial charge on any atom is 0.0689 e. The summed E-state index contributed by atoms with van der Waals surface area (Å²) in [5, 5.41) is 8.00. The lowest BCUT2D eigenvalue weighted by Gasteiger charge is -2.32. The highest BCUT2D eigenvalue weighted by Gasteiger charge is 2.39. The van der Waals surface area contributed by atoms with E-state index in [2.05, 4.69) is 158 Å². The second-order valence-electron chi connectivity index (χ2n) is 15.3. The van der Waals surface area contributed by atoms with Crippen molar-refractivity contribution in [2.24, 2.45) is 0 Å². The highest BCUT2D eigenvalue weighted by molar-refractivity contribution is 7.20. The summed E-state index contributed by atoms with van der Waals surface area (Å²) in [6.45, 7) is 9.61. The molecule has 2 aliphatic rings. The normalized spacial score (nSPS) is 15.5. The molecular weight excluding hydrogens is 645 g/mol. The van der Waals surface area contributed by atoms with Crippen LogP contribution in [-0.2, 0) is 10.8 Å². The van der Waals surface area contributed by atoms with E-state index >= 15 is 0 Å². The number of benzene rings is 6. The Bertz CT molecular complexity index is 2940. The Kier molecular flexibility index (Phi) is 4.94. The molecule has 0 spiro atoms. The Balaban J connectivity index is 1.13. The van der Waals surface area contributed by atoms with Crippen LogP contribution in [0.1, 0.15) is 48.6 Å². The Hall–Kier alpha value is -5.16. The summed E-state index contributed by atoms with van der Waals surface area (Å²) in [5.41, 5.74) is 13.2. The monoisotopic (exact) mass is 676 g/mol. The van der Waals surface area contributed by atoms with Crippen LogP contribution in [-0.4, -0.2) is 9.13 Å². The van der Waals surface area contributed by atoms with Gasteiger partial charge in [0.25, 0.3) is 0 Å². The van der Waals surface area contributed by atoms with Crippen molar-refractivity contribution in [3.8, 4) is 22.5 Å². The van der Waals surface area contributed by atoms with Gasteiger partial charge < -0.3 is 9.13 Å². The van der Waals surface area contributed by atoms with Crippen LogP contribution in [0.4, 0.5) is 0 Å². The lowest BCUT2D eigenvalue weighted by Crippen LogP contribution is -2.24. The highest BCUT2D eigenvalue weighted by atomic mass is 32.1. The molecule has 0 amide bonds. The molecule has 4 aromatic heterocycles. The molecule has 10 aromatic rings. The maximum absolute atomic E-state index is 2.57. The average molecular weight is 677 g/mol. The topological polar surface area (TPSA) is 9.86 Å². The van der Waals surface area contributed by atoms with Crippen molar-refractivity contribution in [3.05, 3.63) is 142 Å². The van der Waals surface area contributed by atoms with Gasteiger partial charge in [-0.25, -0.2) is 0 Å².